The van der Waals surface area contributed by atoms with Gasteiger partial charge in [0.2, 0.25) is 0 Å². The van der Waals surface area contributed by atoms with Gasteiger partial charge in [-0.3, -0.25) is 4.98 Å². The third-order valence-electron chi connectivity index (χ3n) is 4.88. The number of thioether (sulfide) groups is 1. The lowest BCUT2D eigenvalue weighted by Gasteiger charge is -2.26. The van der Waals surface area contributed by atoms with Crippen LogP contribution >= 0.6 is 11.8 Å². The van der Waals surface area contributed by atoms with Gasteiger partial charge in [0.25, 0.3) is 0 Å². The van der Waals surface area contributed by atoms with Crippen LogP contribution in [0.2, 0.25) is 0 Å². The number of rotatable bonds is 7. The highest BCUT2D eigenvalue weighted by Gasteiger charge is 2.19. The zero-order chi connectivity index (χ0) is 19.2. The summed E-state index contributed by atoms with van der Waals surface area (Å²) < 4.78 is 11.5. The normalized spacial score (nSPS) is 15.7. The van der Waals surface area contributed by atoms with Crippen molar-refractivity contribution < 1.29 is 9.47 Å². The number of fused-ring (bicyclic) bond motifs is 1. The monoisotopic (exact) mass is 392 g/mol. The van der Waals surface area contributed by atoms with Crippen LogP contribution in [0.5, 0.6) is 11.5 Å². The van der Waals surface area contributed by atoms with E-state index in [1.807, 2.05) is 30.0 Å². The fraction of sp³-hybridized carbons (Fsp3) is 0.261. The standard InChI is InChI=1S/C23H24N2O2S/c1-26-22-14-18(6-7-21(22)27-16-17-8-11-24-12-9-17)15-25-20-10-13-28-23-5-3-2-4-19(20)23/h2-9,11-12,14,20,25H,10,13,15-16H2,1H3. The van der Waals surface area contributed by atoms with Crippen LogP contribution in [0.15, 0.2) is 71.9 Å². The number of nitrogens with one attached hydrogen (secondary N) is 1. The quantitative estimate of drug-likeness (QED) is 0.613. The molecule has 3 aromatic rings. The van der Waals surface area contributed by atoms with Crippen molar-refractivity contribution in [1.82, 2.24) is 10.3 Å². The highest BCUT2D eigenvalue weighted by Crippen LogP contribution is 2.36. The molecule has 0 bridgehead atoms. The van der Waals surface area contributed by atoms with Gasteiger partial charge in [0.05, 0.1) is 7.11 Å². The van der Waals surface area contributed by atoms with E-state index in [-0.39, 0.29) is 0 Å². The van der Waals surface area contributed by atoms with E-state index in [0.29, 0.717) is 12.6 Å². The summed E-state index contributed by atoms with van der Waals surface area (Å²) in [5, 5.41) is 3.71. The van der Waals surface area contributed by atoms with E-state index < -0.39 is 0 Å². The minimum atomic E-state index is 0.395. The summed E-state index contributed by atoms with van der Waals surface area (Å²) in [6.45, 7) is 1.29. The molecule has 0 radical (unpaired) electrons. The molecule has 0 amide bonds. The summed E-state index contributed by atoms with van der Waals surface area (Å²) in [6.07, 6.45) is 4.69. The molecule has 144 valence electrons. The highest BCUT2D eigenvalue weighted by molar-refractivity contribution is 7.99. The zero-order valence-electron chi connectivity index (χ0n) is 15.9. The molecular formula is C23H24N2O2S. The van der Waals surface area contributed by atoms with Crippen LogP contribution in [0, 0.1) is 0 Å². The first-order valence-corrected chi connectivity index (χ1v) is 10.5. The average Bonchev–Trinajstić information content (AvgIpc) is 2.77. The molecule has 0 saturated carbocycles. The van der Waals surface area contributed by atoms with Crippen LogP contribution in [0.3, 0.4) is 0 Å². The summed E-state index contributed by atoms with van der Waals surface area (Å²) in [5.74, 6) is 2.66. The largest absolute Gasteiger partial charge is 0.493 e. The number of hydrogen-bond donors (Lipinski definition) is 1. The van der Waals surface area contributed by atoms with Crippen molar-refractivity contribution in [1.29, 1.82) is 0 Å². The number of nitrogens with zero attached hydrogens (tertiary/aromatic N) is 1. The number of methoxy groups -OCH3 is 1. The van der Waals surface area contributed by atoms with Crippen LogP contribution in [0.1, 0.15) is 29.2 Å². The predicted octanol–water partition coefficient (Wildman–Crippen LogP) is 5.00. The first kappa shape index (κ1) is 18.8. The van der Waals surface area contributed by atoms with Crippen LogP contribution in [-0.2, 0) is 13.2 Å². The first-order valence-electron chi connectivity index (χ1n) is 9.47. The number of pyridine rings is 1. The van der Waals surface area contributed by atoms with Crippen molar-refractivity contribution >= 4 is 11.8 Å². The molecule has 2 heterocycles. The lowest BCUT2D eigenvalue weighted by atomic mass is 10.0. The van der Waals surface area contributed by atoms with Crippen molar-refractivity contribution in [2.45, 2.75) is 30.5 Å². The fourth-order valence-electron chi connectivity index (χ4n) is 3.38. The molecule has 1 aliphatic rings. The minimum absolute atomic E-state index is 0.395. The summed E-state index contributed by atoms with van der Waals surface area (Å²) in [5.41, 5.74) is 3.67. The molecule has 1 aromatic heterocycles. The number of benzene rings is 2. The summed E-state index contributed by atoms with van der Waals surface area (Å²) in [6, 6.07) is 19.1. The van der Waals surface area contributed by atoms with Crippen molar-refractivity contribution in [2.24, 2.45) is 0 Å². The second kappa shape index (κ2) is 9.13. The van der Waals surface area contributed by atoms with Gasteiger partial charge in [0, 0.05) is 29.9 Å². The molecule has 0 saturated heterocycles. The maximum atomic E-state index is 5.93. The highest BCUT2D eigenvalue weighted by atomic mass is 32.2. The van der Waals surface area contributed by atoms with Crippen molar-refractivity contribution in [3.05, 3.63) is 83.7 Å². The Kier molecular flexibility index (Phi) is 6.14. The SMILES string of the molecule is COc1cc(CNC2CCSc3ccccc32)ccc1OCc1ccncc1. The fourth-order valence-corrected chi connectivity index (χ4v) is 4.50. The van der Waals surface area contributed by atoms with Gasteiger partial charge >= 0.3 is 0 Å². The van der Waals surface area contributed by atoms with E-state index in [1.54, 1.807) is 19.5 Å². The van der Waals surface area contributed by atoms with Crippen LogP contribution in [0.4, 0.5) is 0 Å². The third-order valence-corrected chi connectivity index (χ3v) is 6.01. The van der Waals surface area contributed by atoms with Crippen LogP contribution in [0.25, 0.3) is 0 Å². The van der Waals surface area contributed by atoms with E-state index in [2.05, 4.69) is 46.7 Å². The molecule has 0 fully saturated rings. The molecule has 4 rings (SSSR count). The minimum Gasteiger partial charge on any atom is -0.493 e. The molecule has 1 atom stereocenters. The second-order valence-electron chi connectivity index (χ2n) is 6.74. The number of ether oxygens (including phenoxy) is 2. The van der Waals surface area contributed by atoms with E-state index in [9.17, 15) is 0 Å². The van der Waals surface area contributed by atoms with Crippen molar-refractivity contribution in [2.75, 3.05) is 12.9 Å². The number of hydrogen-bond acceptors (Lipinski definition) is 5. The van der Waals surface area contributed by atoms with Crippen molar-refractivity contribution in [3.8, 4) is 11.5 Å². The van der Waals surface area contributed by atoms with E-state index in [4.69, 9.17) is 9.47 Å². The Bertz CT molecular complexity index is 917. The van der Waals surface area contributed by atoms with E-state index in [0.717, 1.165) is 35.8 Å². The molecule has 0 aliphatic carbocycles. The molecule has 2 aromatic carbocycles. The van der Waals surface area contributed by atoms with Gasteiger partial charge < -0.3 is 14.8 Å². The Morgan fingerprint density at radius 3 is 2.75 bits per heavy atom. The lowest BCUT2D eigenvalue weighted by molar-refractivity contribution is 0.284. The molecule has 1 N–H and O–H groups in total. The predicted molar refractivity (Wildman–Crippen MR) is 113 cm³/mol. The van der Waals surface area contributed by atoms with E-state index >= 15 is 0 Å². The Hall–Kier alpha value is -2.50. The van der Waals surface area contributed by atoms with Gasteiger partial charge in [-0.1, -0.05) is 24.3 Å². The van der Waals surface area contributed by atoms with Crippen LogP contribution < -0.4 is 14.8 Å². The molecule has 0 spiro atoms. The third kappa shape index (κ3) is 4.49. The Morgan fingerprint density at radius 2 is 1.89 bits per heavy atom. The Labute approximate surface area is 170 Å². The average molecular weight is 393 g/mol. The summed E-state index contributed by atoms with van der Waals surface area (Å²) in [4.78, 5) is 5.42. The van der Waals surface area contributed by atoms with Crippen molar-refractivity contribution in [3.63, 3.8) is 0 Å². The van der Waals surface area contributed by atoms with Gasteiger partial charge in [-0.2, -0.15) is 0 Å². The molecule has 5 heteroatoms. The molecule has 1 unspecified atom stereocenters. The number of aromatic nitrogens is 1. The molecule has 28 heavy (non-hydrogen) atoms. The van der Waals surface area contributed by atoms with Gasteiger partial charge in [-0.25, -0.2) is 0 Å². The van der Waals surface area contributed by atoms with Gasteiger partial charge in [-0.15, -0.1) is 11.8 Å². The second-order valence-corrected chi connectivity index (χ2v) is 7.87. The Balaban J connectivity index is 1.40. The summed E-state index contributed by atoms with van der Waals surface area (Å²) in [7, 11) is 1.68. The van der Waals surface area contributed by atoms with E-state index in [1.165, 1.54) is 16.0 Å². The smallest absolute Gasteiger partial charge is 0.161 e. The van der Waals surface area contributed by atoms with Gasteiger partial charge in [-0.05, 0) is 59.2 Å². The van der Waals surface area contributed by atoms with Gasteiger partial charge in [0.15, 0.2) is 11.5 Å². The summed E-state index contributed by atoms with van der Waals surface area (Å²) >= 11 is 1.95. The maximum absolute atomic E-state index is 5.93. The van der Waals surface area contributed by atoms with Gasteiger partial charge in [0.1, 0.15) is 6.61 Å². The zero-order valence-corrected chi connectivity index (χ0v) is 16.7. The Morgan fingerprint density at radius 1 is 1.04 bits per heavy atom. The lowest BCUT2D eigenvalue weighted by Crippen LogP contribution is -2.24. The van der Waals surface area contributed by atoms with Crippen LogP contribution in [-0.4, -0.2) is 17.8 Å². The molecular weight excluding hydrogens is 368 g/mol. The maximum Gasteiger partial charge on any atom is 0.161 e. The first-order chi connectivity index (χ1) is 13.8. The molecule has 1 aliphatic heterocycles. The topological polar surface area (TPSA) is 43.4 Å². The molecule has 4 nitrogen and oxygen atoms in total.